The molecule has 1 aliphatic rings. The molecule has 1 aromatic carbocycles. The summed E-state index contributed by atoms with van der Waals surface area (Å²) in [5.41, 5.74) is 7.25. The largest absolute Gasteiger partial charge is 0.496 e. The summed E-state index contributed by atoms with van der Waals surface area (Å²) < 4.78 is 11.2. The fourth-order valence-electron chi connectivity index (χ4n) is 2.71. The molecule has 0 aromatic heterocycles. The Morgan fingerprint density at radius 3 is 2.67 bits per heavy atom. The van der Waals surface area contributed by atoms with Crippen LogP contribution in [0.25, 0.3) is 0 Å². The van der Waals surface area contributed by atoms with Crippen molar-refractivity contribution in [3.05, 3.63) is 29.3 Å². The van der Waals surface area contributed by atoms with Crippen LogP contribution in [0.15, 0.2) is 23.4 Å². The van der Waals surface area contributed by atoms with Gasteiger partial charge in [-0.15, -0.1) is 0 Å². The first-order valence-corrected chi connectivity index (χ1v) is 7.40. The molecule has 1 fully saturated rings. The minimum atomic E-state index is 0.0418. The van der Waals surface area contributed by atoms with Crippen LogP contribution in [0, 0.1) is 5.92 Å². The number of ether oxygens (including phenoxy) is 2. The molecule has 0 atom stereocenters. The molecule has 0 aliphatic heterocycles. The monoisotopic (exact) mass is 292 g/mol. The number of nitrogens with zero attached hydrogens (tertiary/aromatic N) is 1. The second kappa shape index (κ2) is 7.31. The van der Waals surface area contributed by atoms with Gasteiger partial charge in [0.25, 0.3) is 0 Å². The van der Waals surface area contributed by atoms with Gasteiger partial charge in [-0.25, -0.2) is 0 Å². The van der Waals surface area contributed by atoms with E-state index in [9.17, 15) is 0 Å². The highest BCUT2D eigenvalue weighted by Gasteiger charge is 2.18. The van der Waals surface area contributed by atoms with Crippen LogP contribution < -0.4 is 10.5 Å². The lowest BCUT2D eigenvalue weighted by Crippen LogP contribution is -2.20. The Bertz CT molecular complexity index is 494. The molecule has 0 amide bonds. The summed E-state index contributed by atoms with van der Waals surface area (Å²) >= 11 is 0. The van der Waals surface area contributed by atoms with Crippen molar-refractivity contribution < 1.29 is 14.7 Å². The van der Waals surface area contributed by atoms with Gasteiger partial charge in [-0.2, -0.15) is 0 Å². The number of amidine groups is 1. The zero-order valence-corrected chi connectivity index (χ0v) is 12.7. The SMILES string of the molecule is COc1ccc(COC2CCC(C)CC2)cc1C(N)=NO. The molecule has 3 N–H and O–H groups in total. The fraction of sp³-hybridized carbons (Fsp3) is 0.562. The molecule has 21 heavy (non-hydrogen) atoms. The van der Waals surface area contributed by atoms with E-state index < -0.39 is 0 Å². The molecule has 0 saturated heterocycles. The van der Waals surface area contributed by atoms with E-state index in [0.29, 0.717) is 24.0 Å². The molecule has 116 valence electrons. The molecule has 5 heteroatoms. The first-order chi connectivity index (χ1) is 10.1. The number of rotatable bonds is 5. The van der Waals surface area contributed by atoms with Crippen molar-refractivity contribution in [2.75, 3.05) is 7.11 Å². The number of nitrogens with two attached hydrogens (primary N) is 1. The second-order valence-electron chi connectivity index (χ2n) is 5.71. The molecule has 1 aromatic rings. The molecule has 2 rings (SSSR count). The predicted octanol–water partition coefficient (Wildman–Crippen LogP) is 2.88. The van der Waals surface area contributed by atoms with E-state index in [2.05, 4.69) is 12.1 Å². The maximum absolute atomic E-state index is 8.83. The molecule has 0 unspecified atom stereocenters. The third-order valence-corrected chi connectivity index (χ3v) is 4.10. The Kier molecular flexibility index (Phi) is 5.44. The van der Waals surface area contributed by atoms with Crippen LogP contribution in [-0.2, 0) is 11.3 Å². The van der Waals surface area contributed by atoms with E-state index in [1.807, 2.05) is 18.2 Å². The van der Waals surface area contributed by atoms with Crippen molar-refractivity contribution in [2.45, 2.75) is 45.3 Å². The average molecular weight is 292 g/mol. The lowest BCUT2D eigenvalue weighted by Gasteiger charge is -2.26. The summed E-state index contributed by atoms with van der Waals surface area (Å²) in [5.74, 6) is 1.44. The van der Waals surface area contributed by atoms with Gasteiger partial charge in [-0.3, -0.25) is 0 Å². The first kappa shape index (κ1) is 15.6. The topological polar surface area (TPSA) is 77.1 Å². The zero-order chi connectivity index (χ0) is 15.2. The van der Waals surface area contributed by atoms with E-state index in [1.165, 1.54) is 12.8 Å². The highest BCUT2D eigenvalue weighted by molar-refractivity contribution is 5.99. The molecule has 0 heterocycles. The molecular formula is C16H24N2O3. The van der Waals surface area contributed by atoms with Crippen LogP contribution >= 0.6 is 0 Å². The van der Waals surface area contributed by atoms with Gasteiger partial charge in [-0.05, 0) is 49.3 Å². The van der Waals surface area contributed by atoms with Gasteiger partial charge in [0.15, 0.2) is 5.84 Å². The lowest BCUT2D eigenvalue weighted by molar-refractivity contribution is 0.00875. The van der Waals surface area contributed by atoms with E-state index >= 15 is 0 Å². The lowest BCUT2D eigenvalue weighted by atomic mass is 9.89. The Morgan fingerprint density at radius 2 is 2.05 bits per heavy atom. The van der Waals surface area contributed by atoms with Crippen molar-refractivity contribution >= 4 is 5.84 Å². The Labute approximate surface area is 125 Å². The van der Waals surface area contributed by atoms with Crippen molar-refractivity contribution in [1.82, 2.24) is 0 Å². The first-order valence-electron chi connectivity index (χ1n) is 7.40. The number of benzene rings is 1. The quantitative estimate of drug-likeness (QED) is 0.378. The van der Waals surface area contributed by atoms with Crippen LogP contribution in [0.1, 0.15) is 43.7 Å². The number of hydrogen-bond acceptors (Lipinski definition) is 4. The second-order valence-corrected chi connectivity index (χ2v) is 5.71. The van der Waals surface area contributed by atoms with Crippen molar-refractivity contribution in [2.24, 2.45) is 16.8 Å². The highest BCUT2D eigenvalue weighted by Crippen LogP contribution is 2.27. The normalized spacial score (nSPS) is 23.0. The summed E-state index contributed by atoms with van der Waals surface area (Å²) in [6, 6.07) is 5.60. The number of oxime groups is 1. The molecule has 0 radical (unpaired) electrons. The Hall–Kier alpha value is -1.75. The summed E-state index contributed by atoms with van der Waals surface area (Å²) in [5, 5.41) is 11.9. The van der Waals surface area contributed by atoms with E-state index in [-0.39, 0.29) is 5.84 Å². The average Bonchev–Trinajstić information content (AvgIpc) is 2.53. The fourth-order valence-corrected chi connectivity index (χ4v) is 2.71. The van der Waals surface area contributed by atoms with Gasteiger partial charge in [0.2, 0.25) is 0 Å². The minimum Gasteiger partial charge on any atom is -0.496 e. The smallest absolute Gasteiger partial charge is 0.173 e. The van der Waals surface area contributed by atoms with Crippen molar-refractivity contribution in [3.8, 4) is 5.75 Å². The summed E-state index contributed by atoms with van der Waals surface area (Å²) in [7, 11) is 1.56. The zero-order valence-electron chi connectivity index (χ0n) is 12.7. The van der Waals surface area contributed by atoms with Crippen LogP contribution in [0.5, 0.6) is 5.75 Å². The molecule has 0 bridgehead atoms. The Balaban J connectivity index is 2.00. The molecule has 0 spiro atoms. The molecular weight excluding hydrogens is 268 g/mol. The van der Waals surface area contributed by atoms with Gasteiger partial charge in [0.05, 0.1) is 25.4 Å². The highest BCUT2D eigenvalue weighted by atomic mass is 16.5. The van der Waals surface area contributed by atoms with E-state index in [0.717, 1.165) is 24.3 Å². The maximum Gasteiger partial charge on any atom is 0.173 e. The van der Waals surface area contributed by atoms with Crippen LogP contribution in [-0.4, -0.2) is 24.3 Å². The number of hydrogen-bond donors (Lipinski definition) is 2. The maximum atomic E-state index is 8.83. The Morgan fingerprint density at radius 1 is 1.33 bits per heavy atom. The van der Waals surface area contributed by atoms with Gasteiger partial charge in [-0.1, -0.05) is 18.1 Å². The third kappa shape index (κ3) is 4.11. The minimum absolute atomic E-state index is 0.0418. The standard InChI is InChI=1S/C16H24N2O3/c1-11-3-6-13(7-4-11)21-10-12-5-8-15(20-2)14(9-12)16(17)18-19/h5,8-9,11,13,19H,3-4,6-7,10H2,1-2H3,(H2,17,18). The van der Waals surface area contributed by atoms with Gasteiger partial charge in [0, 0.05) is 0 Å². The van der Waals surface area contributed by atoms with Gasteiger partial charge < -0.3 is 20.4 Å². The summed E-state index contributed by atoms with van der Waals surface area (Å²) in [4.78, 5) is 0. The van der Waals surface area contributed by atoms with E-state index in [4.69, 9.17) is 20.4 Å². The van der Waals surface area contributed by atoms with Crippen LogP contribution in [0.4, 0.5) is 0 Å². The number of methoxy groups -OCH3 is 1. The van der Waals surface area contributed by atoms with Gasteiger partial charge >= 0.3 is 0 Å². The van der Waals surface area contributed by atoms with Crippen LogP contribution in [0.2, 0.25) is 0 Å². The van der Waals surface area contributed by atoms with Crippen molar-refractivity contribution in [1.29, 1.82) is 0 Å². The summed E-state index contributed by atoms with van der Waals surface area (Å²) in [6.07, 6.45) is 5.08. The van der Waals surface area contributed by atoms with Gasteiger partial charge in [0.1, 0.15) is 5.75 Å². The van der Waals surface area contributed by atoms with E-state index in [1.54, 1.807) is 7.11 Å². The van der Waals surface area contributed by atoms with Crippen LogP contribution in [0.3, 0.4) is 0 Å². The third-order valence-electron chi connectivity index (χ3n) is 4.10. The van der Waals surface area contributed by atoms with Crippen molar-refractivity contribution in [3.63, 3.8) is 0 Å². The molecule has 5 nitrogen and oxygen atoms in total. The summed E-state index contributed by atoms with van der Waals surface area (Å²) in [6.45, 7) is 2.83. The molecule has 1 aliphatic carbocycles. The predicted molar refractivity (Wildman–Crippen MR) is 81.7 cm³/mol. The molecule has 1 saturated carbocycles.